The molecule has 3 aromatic rings. The van der Waals surface area contributed by atoms with Gasteiger partial charge in [-0.05, 0) is 42.5 Å². The fourth-order valence-electron chi connectivity index (χ4n) is 2.08. The lowest BCUT2D eigenvalue weighted by atomic mass is 10.3. The Morgan fingerprint density at radius 3 is 2.62 bits per heavy atom. The molecule has 0 aliphatic carbocycles. The molecule has 0 unspecified atom stereocenters. The summed E-state index contributed by atoms with van der Waals surface area (Å²) in [5, 5.41) is 9.80. The van der Waals surface area contributed by atoms with Crippen molar-refractivity contribution < 1.29 is 8.42 Å². The number of sulfonamides is 1. The Morgan fingerprint density at radius 1 is 1.25 bits per heavy atom. The molecule has 3 rings (SSSR count). The molecule has 2 N–H and O–H groups in total. The van der Waals surface area contributed by atoms with Gasteiger partial charge in [-0.1, -0.05) is 22.9 Å². The van der Waals surface area contributed by atoms with Crippen molar-refractivity contribution in [1.29, 1.82) is 5.26 Å². The number of nitriles is 1. The molecule has 0 spiro atoms. The van der Waals surface area contributed by atoms with Gasteiger partial charge >= 0.3 is 0 Å². The smallest absolute Gasteiger partial charge is 0.267 e. The monoisotopic (exact) mass is 378 g/mol. The summed E-state index contributed by atoms with van der Waals surface area (Å²) in [5.74, 6) is 0. The minimum atomic E-state index is -3.92. The summed E-state index contributed by atoms with van der Waals surface area (Å²) in [5.41, 5.74) is 6.67. The highest BCUT2D eigenvalue weighted by atomic mass is 35.5. The quantitative estimate of drug-likeness (QED) is 0.554. The lowest BCUT2D eigenvalue weighted by Crippen LogP contribution is -2.31. The third-order valence-corrected chi connectivity index (χ3v) is 6.38. The van der Waals surface area contributed by atoms with Crippen LogP contribution in [0.5, 0.6) is 0 Å². The van der Waals surface area contributed by atoms with Crippen LogP contribution in [-0.2, 0) is 10.0 Å². The average molecular weight is 379 g/mol. The number of nitrogen functional groups attached to an aromatic ring is 1. The number of benzene rings is 2. The van der Waals surface area contributed by atoms with Crippen molar-refractivity contribution in [3.05, 3.63) is 47.5 Å². The van der Waals surface area contributed by atoms with Gasteiger partial charge in [0.15, 0.2) is 0 Å². The van der Waals surface area contributed by atoms with Crippen LogP contribution in [0.4, 0.5) is 10.8 Å². The molecule has 0 fully saturated rings. The number of rotatable bonds is 4. The van der Waals surface area contributed by atoms with Gasteiger partial charge in [0.05, 0.1) is 21.2 Å². The van der Waals surface area contributed by atoms with Crippen molar-refractivity contribution in [3.8, 4) is 6.07 Å². The van der Waals surface area contributed by atoms with Crippen LogP contribution in [0.25, 0.3) is 10.2 Å². The van der Waals surface area contributed by atoms with E-state index in [0.717, 1.165) is 20.3 Å². The van der Waals surface area contributed by atoms with Crippen LogP contribution in [0.3, 0.4) is 0 Å². The van der Waals surface area contributed by atoms with E-state index in [1.807, 2.05) is 6.07 Å². The second kappa shape index (κ2) is 6.28. The number of fused-ring (bicyclic) bond motifs is 1. The van der Waals surface area contributed by atoms with Gasteiger partial charge in [0, 0.05) is 10.7 Å². The highest BCUT2D eigenvalue weighted by Gasteiger charge is 2.27. The number of hydrogen-bond donors (Lipinski definition) is 1. The average Bonchev–Trinajstić information content (AvgIpc) is 2.95. The molecule has 0 amide bonds. The highest BCUT2D eigenvalue weighted by molar-refractivity contribution is 7.93. The molecular formula is C15H11ClN4O2S2. The molecule has 0 radical (unpaired) electrons. The Hall–Kier alpha value is -2.34. The van der Waals surface area contributed by atoms with Gasteiger partial charge in [-0.15, -0.1) is 0 Å². The van der Waals surface area contributed by atoms with Crippen LogP contribution in [0.2, 0.25) is 5.02 Å². The maximum Gasteiger partial charge on any atom is 0.267 e. The van der Waals surface area contributed by atoms with E-state index in [4.69, 9.17) is 22.6 Å². The first-order chi connectivity index (χ1) is 11.4. The van der Waals surface area contributed by atoms with Crippen molar-refractivity contribution >= 4 is 54.0 Å². The summed E-state index contributed by atoms with van der Waals surface area (Å²) >= 11 is 7.11. The van der Waals surface area contributed by atoms with Gasteiger partial charge in [-0.3, -0.25) is 0 Å². The Balaban J connectivity index is 2.11. The highest BCUT2D eigenvalue weighted by Crippen LogP contribution is 2.33. The lowest BCUT2D eigenvalue weighted by molar-refractivity contribution is 0.593. The topological polar surface area (TPSA) is 100 Å². The number of nitrogens with two attached hydrogens (primary N) is 1. The predicted octanol–water partition coefficient (Wildman–Crippen LogP) is 3.25. The molecule has 0 saturated heterocycles. The van der Waals surface area contributed by atoms with Crippen molar-refractivity contribution in [2.24, 2.45) is 0 Å². The molecule has 0 aliphatic heterocycles. The standard InChI is InChI=1S/C15H11ClN4O2S2/c16-10-1-6-13-14(9-10)23-15(19-13)20(8-7-17)24(21,22)12-4-2-11(18)3-5-12/h1-6,9H,8,18H2. The molecule has 1 aromatic heterocycles. The molecule has 122 valence electrons. The zero-order valence-electron chi connectivity index (χ0n) is 12.2. The number of hydrogen-bond acceptors (Lipinski definition) is 6. The number of nitrogens with zero attached hydrogens (tertiary/aromatic N) is 3. The number of aromatic nitrogens is 1. The second-order valence-electron chi connectivity index (χ2n) is 4.85. The summed E-state index contributed by atoms with van der Waals surface area (Å²) in [6, 6.07) is 12.8. The summed E-state index contributed by atoms with van der Waals surface area (Å²) in [6.45, 7) is -0.347. The molecule has 0 saturated carbocycles. The number of thiazole rings is 1. The fraction of sp³-hybridized carbons (Fsp3) is 0.0667. The largest absolute Gasteiger partial charge is 0.399 e. The van der Waals surface area contributed by atoms with E-state index in [9.17, 15) is 8.42 Å². The van der Waals surface area contributed by atoms with E-state index >= 15 is 0 Å². The minimum Gasteiger partial charge on any atom is -0.399 e. The van der Waals surface area contributed by atoms with Crippen LogP contribution >= 0.6 is 22.9 Å². The van der Waals surface area contributed by atoms with E-state index in [0.29, 0.717) is 16.2 Å². The van der Waals surface area contributed by atoms with Crippen LogP contribution in [-0.4, -0.2) is 19.9 Å². The van der Waals surface area contributed by atoms with Gasteiger partial charge in [-0.2, -0.15) is 5.26 Å². The molecule has 0 bridgehead atoms. The zero-order chi connectivity index (χ0) is 17.3. The predicted molar refractivity (Wildman–Crippen MR) is 95.6 cm³/mol. The van der Waals surface area contributed by atoms with Crippen LogP contribution < -0.4 is 10.0 Å². The van der Waals surface area contributed by atoms with Crippen molar-refractivity contribution in [2.45, 2.75) is 4.90 Å². The van der Waals surface area contributed by atoms with Crippen molar-refractivity contribution in [2.75, 3.05) is 16.6 Å². The van der Waals surface area contributed by atoms with Gasteiger partial charge in [0.2, 0.25) is 5.13 Å². The Morgan fingerprint density at radius 2 is 1.96 bits per heavy atom. The van der Waals surface area contributed by atoms with E-state index in [1.165, 1.54) is 24.3 Å². The number of halogens is 1. The van der Waals surface area contributed by atoms with E-state index in [1.54, 1.807) is 18.2 Å². The summed E-state index contributed by atoms with van der Waals surface area (Å²) in [4.78, 5) is 4.36. The molecular weight excluding hydrogens is 368 g/mol. The summed E-state index contributed by atoms with van der Waals surface area (Å²) in [6.07, 6.45) is 0. The Kier molecular flexibility index (Phi) is 4.32. The maximum absolute atomic E-state index is 12.9. The van der Waals surface area contributed by atoms with Crippen LogP contribution in [0.15, 0.2) is 47.4 Å². The number of anilines is 2. The minimum absolute atomic E-state index is 0.0456. The van der Waals surface area contributed by atoms with Crippen LogP contribution in [0, 0.1) is 11.3 Å². The normalized spacial score (nSPS) is 11.3. The summed E-state index contributed by atoms with van der Waals surface area (Å²) < 4.78 is 27.4. The van der Waals surface area contributed by atoms with Gasteiger partial charge in [0.1, 0.15) is 6.54 Å². The fourth-order valence-corrected chi connectivity index (χ4v) is 4.84. The SMILES string of the molecule is N#CCN(c1nc2ccc(Cl)cc2s1)S(=O)(=O)c1ccc(N)cc1. The van der Waals surface area contributed by atoms with E-state index in [2.05, 4.69) is 4.98 Å². The van der Waals surface area contributed by atoms with Gasteiger partial charge in [0.25, 0.3) is 10.0 Å². The molecule has 0 atom stereocenters. The first-order valence-electron chi connectivity index (χ1n) is 6.73. The molecule has 0 aliphatic rings. The zero-order valence-corrected chi connectivity index (χ0v) is 14.6. The molecule has 2 aromatic carbocycles. The molecule has 1 heterocycles. The molecule has 24 heavy (non-hydrogen) atoms. The second-order valence-corrected chi connectivity index (χ2v) is 8.16. The van der Waals surface area contributed by atoms with Crippen molar-refractivity contribution in [1.82, 2.24) is 4.98 Å². The van der Waals surface area contributed by atoms with E-state index in [-0.39, 0.29) is 16.6 Å². The van der Waals surface area contributed by atoms with E-state index < -0.39 is 10.0 Å². The molecule has 6 nitrogen and oxygen atoms in total. The molecule has 9 heteroatoms. The van der Waals surface area contributed by atoms with Crippen molar-refractivity contribution in [3.63, 3.8) is 0 Å². The third kappa shape index (κ3) is 3.01. The summed E-state index contributed by atoms with van der Waals surface area (Å²) in [7, 11) is -3.92. The van der Waals surface area contributed by atoms with Crippen LogP contribution in [0.1, 0.15) is 0 Å². The first-order valence-corrected chi connectivity index (χ1v) is 9.36. The lowest BCUT2D eigenvalue weighted by Gasteiger charge is -2.18. The maximum atomic E-state index is 12.9. The first kappa shape index (κ1) is 16.5. The Bertz CT molecular complexity index is 1040. The van der Waals surface area contributed by atoms with Gasteiger partial charge < -0.3 is 5.73 Å². The Labute approximate surface area is 147 Å². The van der Waals surface area contributed by atoms with Gasteiger partial charge in [-0.25, -0.2) is 17.7 Å². The third-order valence-electron chi connectivity index (χ3n) is 3.23.